The molecule has 2 fully saturated rings. The van der Waals surface area contributed by atoms with Gasteiger partial charge in [-0.1, -0.05) is 51.7 Å². The molecule has 1 heterocycles. The average molecular weight is 458 g/mol. The molecule has 0 aromatic carbocycles. The summed E-state index contributed by atoms with van der Waals surface area (Å²) in [4.78, 5) is 12.6. The molecule has 1 saturated carbocycles. The van der Waals surface area contributed by atoms with Crippen molar-refractivity contribution in [1.82, 2.24) is 5.32 Å². The van der Waals surface area contributed by atoms with Crippen LogP contribution in [0.2, 0.25) is 0 Å². The van der Waals surface area contributed by atoms with Gasteiger partial charge in [0.1, 0.15) is 0 Å². The highest BCUT2D eigenvalue weighted by Gasteiger charge is 2.62. The SMILES string of the molecule is C[C@H](CCCC(C)(C)O)[C@H]1CC[C@@]2(C)C3=C(CC[C@]12C)[C@@]1(C)CCC(=O)NC(C)(C)[C@@H]1CC3. The molecule has 3 aliphatic carbocycles. The summed E-state index contributed by atoms with van der Waals surface area (Å²) in [5.41, 5.74) is 3.70. The smallest absolute Gasteiger partial charge is 0.220 e. The Bertz CT molecular complexity index is 820. The number of rotatable bonds is 5. The van der Waals surface area contributed by atoms with Gasteiger partial charge < -0.3 is 10.4 Å². The molecule has 4 aliphatic rings. The normalized spacial score (nSPS) is 41.5. The Balaban J connectivity index is 1.63. The number of amides is 1. The minimum atomic E-state index is -0.546. The third-order valence-corrected chi connectivity index (χ3v) is 11.4. The van der Waals surface area contributed by atoms with E-state index >= 15 is 0 Å². The highest BCUT2D eigenvalue weighted by molar-refractivity contribution is 5.77. The van der Waals surface area contributed by atoms with Crippen LogP contribution in [-0.4, -0.2) is 22.2 Å². The fourth-order valence-electron chi connectivity index (χ4n) is 9.49. The lowest BCUT2D eigenvalue weighted by Gasteiger charge is -2.59. The monoisotopic (exact) mass is 457 g/mol. The predicted molar refractivity (Wildman–Crippen MR) is 137 cm³/mol. The standard InChI is InChI=1S/C30H51NO2/c1-20(10-9-16-26(2,3)33)21-13-18-30(8)23-11-12-24-27(4,5)31-25(32)15-17-28(24,6)22(23)14-19-29(21,30)7/h20-21,24,33H,9-19H2,1-8H3,(H,31,32)/t20-,21-,24+,28-,29-,30+/m1/s1. The van der Waals surface area contributed by atoms with E-state index in [2.05, 4.69) is 46.9 Å². The zero-order chi connectivity index (χ0) is 24.4. The Hall–Kier alpha value is -0.830. The molecule has 1 amide bonds. The van der Waals surface area contributed by atoms with Crippen LogP contribution < -0.4 is 5.32 Å². The van der Waals surface area contributed by atoms with E-state index in [0.717, 1.165) is 25.2 Å². The zero-order valence-electron chi connectivity index (χ0n) is 22.9. The van der Waals surface area contributed by atoms with Crippen LogP contribution in [0.1, 0.15) is 126 Å². The lowest BCUT2D eigenvalue weighted by molar-refractivity contribution is -0.122. The van der Waals surface area contributed by atoms with E-state index in [4.69, 9.17) is 0 Å². The molecule has 4 rings (SSSR count). The molecular formula is C30H51NO2. The lowest BCUT2D eigenvalue weighted by atomic mass is 9.46. The highest BCUT2D eigenvalue weighted by Crippen LogP contribution is 2.71. The van der Waals surface area contributed by atoms with E-state index in [1.54, 1.807) is 11.1 Å². The molecular weight excluding hydrogens is 406 g/mol. The fourth-order valence-corrected chi connectivity index (χ4v) is 9.49. The van der Waals surface area contributed by atoms with Gasteiger partial charge >= 0.3 is 0 Å². The lowest BCUT2D eigenvalue weighted by Crippen LogP contribution is -2.55. The minimum Gasteiger partial charge on any atom is -0.390 e. The second kappa shape index (κ2) is 8.10. The van der Waals surface area contributed by atoms with Crippen molar-refractivity contribution in [2.45, 2.75) is 137 Å². The third kappa shape index (κ3) is 4.03. The molecule has 0 bridgehead atoms. The minimum absolute atomic E-state index is 0.129. The maximum Gasteiger partial charge on any atom is 0.220 e. The summed E-state index contributed by atoms with van der Waals surface area (Å²) < 4.78 is 0. The Labute approximate surface area is 203 Å². The van der Waals surface area contributed by atoms with Gasteiger partial charge in [-0.2, -0.15) is 0 Å². The topological polar surface area (TPSA) is 49.3 Å². The number of carbonyl (C=O) groups excluding carboxylic acids is 1. The summed E-state index contributed by atoms with van der Waals surface area (Å²) >= 11 is 0. The Kier molecular flexibility index (Phi) is 6.21. The van der Waals surface area contributed by atoms with Gasteiger partial charge in [0, 0.05) is 12.0 Å². The maximum absolute atomic E-state index is 12.6. The molecule has 2 N–H and O–H groups in total. The van der Waals surface area contributed by atoms with E-state index in [-0.39, 0.29) is 16.9 Å². The summed E-state index contributed by atoms with van der Waals surface area (Å²) in [7, 11) is 0. The van der Waals surface area contributed by atoms with Gasteiger partial charge in [0.05, 0.1) is 5.60 Å². The fraction of sp³-hybridized carbons (Fsp3) is 0.900. The van der Waals surface area contributed by atoms with Crippen molar-refractivity contribution >= 4 is 5.91 Å². The van der Waals surface area contributed by atoms with E-state index < -0.39 is 5.60 Å². The van der Waals surface area contributed by atoms with Gasteiger partial charge in [-0.3, -0.25) is 4.79 Å². The first-order chi connectivity index (χ1) is 15.1. The Morgan fingerprint density at radius 1 is 1.00 bits per heavy atom. The molecule has 6 atom stereocenters. The number of fused-ring (bicyclic) bond motifs is 4. The molecule has 3 heteroatoms. The molecule has 1 aliphatic heterocycles. The first-order valence-corrected chi connectivity index (χ1v) is 13.9. The van der Waals surface area contributed by atoms with Crippen LogP contribution in [0.3, 0.4) is 0 Å². The molecule has 0 spiro atoms. The number of carbonyl (C=O) groups is 1. The Morgan fingerprint density at radius 2 is 1.70 bits per heavy atom. The van der Waals surface area contributed by atoms with Crippen molar-refractivity contribution in [1.29, 1.82) is 0 Å². The van der Waals surface area contributed by atoms with Gasteiger partial charge in [-0.05, 0) is 113 Å². The molecule has 188 valence electrons. The van der Waals surface area contributed by atoms with E-state index in [1.165, 1.54) is 44.9 Å². The first kappa shape index (κ1) is 25.3. The summed E-state index contributed by atoms with van der Waals surface area (Å²) in [5, 5.41) is 13.5. The number of hydrogen-bond donors (Lipinski definition) is 2. The molecule has 0 aromatic rings. The largest absolute Gasteiger partial charge is 0.390 e. The van der Waals surface area contributed by atoms with Crippen LogP contribution >= 0.6 is 0 Å². The van der Waals surface area contributed by atoms with Crippen molar-refractivity contribution in [3.63, 3.8) is 0 Å². The second-order valence-electron chi connectivity index (χ2n) is 14.3. The Morgan fingerprint density at radius 3 is 2.36 bits per heavy atom. The summed E-state index contributed by atoms with van der Waals surface area (Å²) in [6.07, 6.45) is 12.6. The molecule has 3 nitrogen and oxygen atoms in total. The third-order valence-electron chi connectivity index (χ3n) is 11.4. The number of nitrogens with one attached hydrogen (secondary N) is 1. The molecule has 0 radical (unpaired) electrons. The van der Waals surface area contributed by atoms with Crippen LogP contribution in [0.15, 0.2) is 11.1 Å². The molecule has 33 heavy (non-hydrogen) atoms. The van der Waals surface area contributed by atoms with Gasteiger partial charge in [-0.15, -0.1) is 0 Å². The van der Waals surface area contributed by atoms with Crippen molar-refractivity contribution in [3.8, 4) is 0 Å². The van der Waals surface area contributed by atoms with Gasteiger partial charge in [0.2, 0.25) is 5.91 Å². The number of aliphatic hydroxyl groups is 1. The van der Waals surface area contributed by atoms with Crippen molar-refractivity contribution in [3.05, 3.63) is 11.1 Å². The molecule has 0 aromatic heterocycles. The zero-order valence-corrected chi connectivity index (χ0v) is 22.9. The first-order valence-electron chi connectivity index (χ1n) is 13.9. The van der Waals surface area contributed by atoms with E-state index in [9.17, 15) is 9.90 Å². The van der Waals surface area contributed by atoms with E-state index in [0.29, 0.717) is 29.1 Å². The quantitative estimate of drug-likeness (QED) is 0.429. The van der Waals surface area contributed by atoms with Gasteiger partial charge in [-0.25, -0.2) is 0 Å². The van der Waals surface area contributed by atoms with Crippen LogP contribution in [0.25, 0.3) is 0 Å². The second-order valence-corrected chi connectivity index (χ2v) is 14.3. The molecule has 0 unspecified atom stereocenters. The van der Waals surface area contributed by atoms with E-state index in [1.807, 2.05) is 13.8 Å². The van der Waals surface area contributed by atoms with Crippen LogP contribution in [0, 0.1) is 34.0 Å². The van der Waals surface area contributed by atoms with Gasteiger partial charge in [0.25, 0.3) is 0 Å². The van der Waals surface area contributed by atoms with Crippen molar-refractivity contribution in [2.75, 3.05) is 0 Å². The van der Waals surface area contributed by atoms with Crippen LogP contribution in [0.5, 0.6) is 0 Å². The maximum atomic E-state index is 12.6. The number of hydrogen-bond acceptors (Lipinski definition) is 2. The summed E-state index contributed by atoms with van der Waals surface area (Å²) in [6.45, 7) is 18.6. The van der Waals surface area contributed by atoms with Crippen molar-refractivity contribution in [2.24, 2.45) is 34.0 Å². The van der Waals surface area contributed by atoms with Crippen LogP contribution in [0.4, 0.5) is 0 Å². The molecule has 1 saturated heterocycles. The average Bonchev–Trinajstić information content (AvgIpc) is 2.91. The van der Waals surface area contributed by atoms with Gasteiger partial charge in [0.15, 0.2) is 0 Å². The highest BCUT2D eigenvalue weighted by atomic mass is 16.3. The van der Waals surface area contributed by atoms with Crippen molar-refractivity contribution < 1.29 is 9.90 Å². The predicted octanol–water partition coefficient (Wildman–Crippen LogP) is 7.18. The summed E-state index contributed by atoms with van der Waals surface area (Å²) in [5.74, 6) is 2.26. The number of allylic oxidation sites excluding steroid dienone is 2. The van der Waals surface area contributed by atoms with Crippen LogP contribution in [-0.2, 0) is 4.79 Å². The summed E-state index contributed by atoms with van der Waals surface area (Å²) in [6, 6.07) is 0.